The molecule has 0 radical (unpaired) electrons. The molecule has 0 bridgehead atoms. The molecule has 10 nitrogen and oxygen atoms in total. The average molecular weight is 594 g/mol. The Kier molecular flexibility index (Phi) is 9.01. The SMILES string of the molecule is CCOC(=O)c1cnc(N2Cc3cc(C(=O)NCc4ccc(S(=O)(=O)CC)cc4)cnc3[C@@H]2C(C)C)nc1C(C)(C)C. The fourth-order valence-corrected chi connectivity index (χ4v) is 5.93. The molecule has 11 heteroatoms. The van der Waals surface area contributed by atoms with Gasteiger partial charge in [-0.1, -0.05) is 53.7 Å². The number of anilines is 1. The molecule has 42 heavy (non-hydrogen) atoms. The van der Waals surface area contributed by atoms with Crippen LogP contribution in [-0.2, 0) is 33.1 Å². The highest BCUT2D eigenvalue weighted by atomic mass is 32.2. The van der Waals surface area contributed by atoms with Crippen LogP contribution in [0.5, 0.6) is 0 Å². The molecular formula is C31H39N5O5S. The van der Waals surface area contributed by atoms with Gasteiger partial charge in [0.05, 0.1) is 40.2 Å². The van der Waals surface area contributed by atoms with Gasteiger partial charge < -0.3 is 15.0 Å². The molecule has 2 aromatic heterocycles. The summed E-state index contributed by atoms with van der Waals surface area (Å²) in [6, 6.07) is 8.26. The molecule has 0 aliphatic carbocycles. The average Bonchev–Trinajstić information content (AvgIpc) is 3.34. The van der Waals surface area contributed by atoms with Crippen molar-refractivity contribution < 1.29 is 22.7 Å². The minimum absolute atomic E-state index is 0.0340. The predicted molar refractivity (Wildman–Crippen MR) is 160 cm³/mol. The summed E-state index contributed by atoms with van der Waals surface area (Å²) in [7, 11) is -3.28. The van der Waals surface area contributed by atoms with Gasteiger partial charge in [-0.15, -0.1) is 0 Å². The molecule has 1 amide bonds. The standard InChI is InChI=1S/C31H39N5O5S/c1-8-41-29(38)24-17-34-30(35-27(24)31(5,6)7)36-18-22-14-21(16-32-25(22)26(36)19(3)4)28(37)33-15-20-10-12-23(13-11-20)42(39,40)9-2/h10-14,16-17,19,26H,8-9,15,18H2,1-7H3,(H,33,37)/t26-/m0/s1. The van der Waals surface area contributed by atoms with Crippen LogP contribution in [0.3, 0.4) is 0 Å². The van der Waals surface area contributed by atoms with Crippen molar-refractivity contribution in [2.75, 3.05) is 17.3 Å². The number of benzene rings is 1. The third-order valence-electron chi connectivity index (χ3n) is 7.21. The summed E-state index contributed by atoms with van der Waals surface area (Å²) in [6.07, 6.45) is 3.12. The summed E-state index contributed by atoms with van der Waals surface area (Å²) >= 11 is 0. The van der Waals surface area contributed by atoms with Crippen molar-refractivity contribution in [1.82, 2.24) is 20.3 Å². The predicted octanol–water partition coefficient (Wildman–Crippen LogP) is 4.79. The Morgan fingerprint density at radius 3 is 2.38 bits per heavy atom. The Bertz CT molecular complexity index is 1580. The van der Waals surface area contributed by atoms with Crippen LogP contribution in [0.2, 0.25) is 0 Å². The molecule has 1 aliphatic heterocycles. The van der Waals surface area contributed by atoms with E-state index >= 15 is 0 Å². The molecule has 1 aliphatic rings. The second-order valence-corrected chi connectivity index (χ2v) is 14.0. The molecule has 0 fully saturated rings. The van der Waals surface area contributed by atoms with Gasteiger partial charge in [0.2, 0.25) is 5.95 Å². The first kappa shape index (κ1) is 31.1. The van der Waals surface area contributed by atoms with Gasteiger partial charge in [-0.2, -0.15) is 0 Å². The van der Waals surface area contributed by atoms with E-state index in [1.165, 1.54) is 6.20 Å². The largest absolute Gasteiger partial charge is 0.462 e. The molecule has 0 saturated heterocycles. The van der Waals surface area contributed by atoms with E-state index in [1.54, 1.807) is 44.3 Å². The van der Waals surface area contributed by atoms with E-state index in [4.69, 9.17) is 14.7 Å². The fourth-order valence-electron chi connectivity index (χ4n) is 5.04. The number of fused-ring (bicyclic) bond motifs is 1. The van der Waals surface area contributed by atoms with E-state index in [0.717, 1.165) is 16.8 Å². The maximum atomic E-state index is 13.0. The summed E-state index contributed by atoms with van der Waals surface area (Å²) in [5, 5.41) is 2.90. The zero-order valence-corrected chi connectivity index (χ0v) is 26.1. The third kappa shape index (κ3) is 6.46. The van der Waals surface area contributed by atoms with E-state index in [0.29, 0.717) is 29.3 Å². The molecule has 4 rings (SSSR count). The molecule has 3 aromatic rings. The van der Waals surface area contributed by atoms with Crippen molar-refractivity contribution in [3.05, 3.63) is 76.4 Å². The minimum Gasteiger partial charge on any atom is -0.462 e. The van der Waals surface area contributed by atoms with Crippen molar-refractivity contribution >= 4 is 27.7 Å². The number of nitrogens with zero attached hydrogens (tertiary/aromatic N) is 4. The molecule has 3 heterocycles. The normalized spacial score (nSPS) is 15.0. The van der Waals surface area contributed by atoms with Crippen LogP contribution in [0.15, 0.2) is 47.6 Å². The smallest absolute Gasteiger partial charge is 0.341 e. The van der Waals surface area contributed by atoms with E-state index in [2.05, 4.69) is 29.0 Å². The number of sulfone groups is 1. The molecule has 0 unspecified atom stereocenters. The van der Waals surface area contributed by atoms with E-state index in [-0.39, 0.29) is 41.7 Å². The third-order valence-corrected chi connectivity index (χ3v) is 8.96. The number of aromatic nitrogens is 3. The zero-order chi connectivity index (χ0) is 30.8. The summed E-state index contributed by atoms with van der Waals surface area (Å²) in [6.45, 7) is 14.5. The number of amides is 1. The Morgan fingerprint density at radius 2 is 1.79 bits per heavy atom. The Labute approximate surface area is 247 Å². The zero-order valence-electron chi connectivity index (χ0n) is 25.3. The lowest BCUT2D eigenvalue weighted by atomic mass is 9.89. The lowest BCUT2D eigenvalue weighted by Crippen LogP contribution is -2.30. The van der Waals surface area contributed by atoms with Gasteiger partial charge in [-0.3, -0.25) is 9.78 Å². The van der Waals surface area contributed by atoms with Crippen LogP contribution in [0.4, 0.5) is 5.95 Å². The van der Waals surface area contributed by atoms with E-state index in [1.807, 2.05) is 26.8 Å². The van der Waals surface area contributed by atoms with Crippen molar-refractivity contribution in [2.24, 2.45) is 5.92 Å². The summed E-state index contributed by atoms with van der Waals surface area (Å²) < 4.78 is 29.4. The van der Waals surface area contributed by atoms with Crippen LogP contribution >= 0.6 is 0 Å². The van der Waals surface area contributed by atoms with Gasteiger partial charge in [0.1, 0.15) is 5.56 Å². The van der Waals surface area contributed by atoms with Gasteiger partial charge in [-0.05, 0) is 42.2 Å². The lowest BCUT2D eigenvalue weighted by molar-refractivity contribution is 0.0522. The number of nitrogens with one attached hydrogen (secondary N) is 1. The molecular weight excluding hydrogens is 554 g/mol. The summed E-state index contributed by atoms with van der Waals surface area (Å²) in [4.78, 5) is 42.1. The highest BCUT2D eigenvalue weighted by Crippen LogP contribution is 2.40. The second kappa shape index (κ2) is 12.2. The highest BCUT2D eigenvalue weighted by Gasteiger charge is 2.37. The molecule has 224 valence electrons. The van der Waals surface area contributed by atoms with Crippen LogP contribution in [-0.4, -0.2) is 47.6 Å². The molecule has 1 atom stereocenters. The molecule has 1 aromatic carbocycles. The molecule has 0 saturated carbocycles. The number of pyridine rings is 1. The summed E-state index contributed by atoms with van der Waals surface area (Å²) in [5.41, 5.74) is 3.53. The van der Waals surface area contributed by atoms with Crippen molar-refractivity contribution in [2.45, 2.75) is 77.9 Å². The maximum Gasteiger partial charge on any atom is 0.341 e. The lowest BCUT2D eigenvalue weighted by Gasteiger charge is -2.29. The van der Waals surface area contributed by atoms with Gasteiger partial charge in [-0.25, -0.2) is 23.2 Å². The topological polar surface area (TPSA) is 131 Å². The maximum absolute atomic E-state index is 13.0. The molecule has 0 spiro atoms. The van der Waals surface area contributed by atoms with Gasteiger partial charge in [0, 0.05) is 30.9 Å². The molecule has 1 N–H and O–H groups in total. The fraction of sp³-hybridized carbons (Fsp3) is 0.452. The second-order valence-electron chi connectivity index (χ2n) is 11.7. The van der Waals surface area contributed by atoms with Crippen LogP contribution < -0.4 is 10.2 Å². The van der Waals surface area contributed by atoms with E-state index in [9.17, 15) is 18.0 Å². The first-order valence-corrected chi connectivity index (χ1v) is 15.8. The first-order valence-electron chi connectivity index (χ1n) is 14.2. The van der Waals surface area contributed by atoms with Gasteiger partial charge >= 0.3 is 5.97 Å². The highest BCUT2D eigenvalue weighted by molar-refractivity contribution is 7.91. The summed E-state index contributed by atoms with van der Waals surface area (Å²) in [5.74, 6) is -0.0289. The Balaban J connectivity index is 1.56. The van der Waals surface area contributed by atoms with E-state index < -0.39 is 21.2 Å². The number of carbonyl (C=O) groups excluding carboxylic acids is 2. The number of rotatable bonds is 9. The quantitative estimate of drug-likeness (QED) is 0.348. The van der Waals surface area contributed by atoms with Gasteiger partial charge in [0.15, 0.2) is 9.84 Å². The van der Waals surface area contributed by atoms with Crippen molar-refractivity contribution in [3.63, 3.8) is 0 Å². The van der Waals surface area contributed by atoms with Crippen molar-refractivity contribution in [3.8, 4) is 0 Å². The van der Waals surface area contributed by atoms with Gasteiger partial charge in [0.25, 0.3) is 5.91 Å². The number of ether oxygens (including phenoxy) is 1. The number of hydrogen-bond acceptors (Lipinski definition) is 9. The number of esters is 1. The van der Waals surface area contributed by atoms with Crippen LogP contribution in [0.25, 0.3) is 0 Å². The number of hydrogen-bond donors (Lipinski definition) is 1. The van der Waals surface area contributed by atoms with Crippen LogP contribution in [0, 0.1) is 5.92 Å². The van der Waals surface area contributed by atoms with Crippen molar-refractivity contribution in [1.29, 1.82) is 0 Å². The van der Waals surface area contributed by atoms with Crippen LogP contribution in [0.1, 0.15) is 97.7 Å². The minimum atomic E-state index is -3.28. The number of carbonyl (C=O) groups is 2. The Hall–Kier alpha value is -3.86. The Morgan fingerprint density at radius 1 is 1.10 bits per heavy atom. The monoisotopic (exact) mass is 593 g/mol. The first-order chi connectivity index (χ1) is 19.8.